The predicted molar refractivity (Wildman–Crippen MR) is 106 cm³/mol. The number of aromatic nitrogens is 1. The zero-order valence-electron chi connectivity index (χ0n) is 15.2. The van der Waals surface area contributed by atoms with Gasteiger partial charge in [0.15, 0.2) is 0 Å². The summed E-state index contributed by atoms with van der Waals surface area (Å²) in [6.45, 7) is 2.85. The van der Waals surface area contributed by atoms with Gasteiger partial charge in [0.2, 0.25) is 0 Å². The van der Waals surface area contributed by atoms with Crippen molar-refractivity contribution in [3.05, 3.63) is 70.7 Å². The highest BCUT2D eigenvalue weighted by atomic mass is 32.1. The van der Waals surface area contributed by atoms with Crippen molar-refractivity contribution < 1.29 is 14.5 Å². The summed E-state index contributed by atoms with van der Waals surface area (Å²) in [5.41, 5.74) is 9.55. The summed E-state index contributed by atoms with van der Waals surface area (Å²) in [7, 11) is 1.68. The smallest absolute Gasteiger partial charge is 0.329 e. The third-order valence-electron chi connectivity index (χ3n) is 4.31. The molecule has 1 unspecified atom stereocenters. The Labute approximate surface area is 158 Å². The van der Waals surface area contributed by atoms with Crippen molar-refractivity contribution in [1.29, 1.82) is 0 Å². The molecule has 2 aromatic carbocycles. The summed E-state index contributed by atoms with van der Waals surface area (Å²) < 4.78 is 11.0. The number of thiazole rings is 1. The Hall–Kier alpha value is -2.53. The van der Waals surface area contributed by atoms with Crippen LogP contribution in [0.1, 0.15) is 36.1 Å². The molecule has 3 aromatic rings. The Kier molecular flexibility index (Phi) is 6.12. The standard InChI is InChI=1S/C21H24N2O2S/c1-3-12-25-18-10-6-16(7-11-18)19(20-14-26-21(22)23-20)13-15-4-8-17(24-2)9-5-15/h4-11,14,19H,3,12-13H2,1-2H3,(H2,22,23)/p+1. The first kappa shape index (κ1) is 18.3. The van der Waals surface area contributed by atoms with E-state index < -0.39 is 0 Å². The fraction of sp³-hybridized carbons (Fsp3) is 0.286. The lowest BCUT2D eigenvalue weighted by Gasteiger charge is -2.15. The van der Waals surface area contributed by atoms with Gasteiger partial charge in [-0.3, -0.25) is 5.73 Å². The van der Waals surface area contributed by atoms with Crippen LogP contribution in [0, 0.1) is 0 Å². The van der Waals surface area contributed by atoms with Gasteiger partial charge >= 0.3 is 5.13 Å². The SMILES string of the molecule is CCCOc1ccc(C(Cc2ccc(OC)cc2)c2csc(N)[nH+]2)cc1. The lowest BCUT2D eigenvalue weighted by Crippen LogP contribution is -2.17. The molecule has 136 valence electrons. The van der Waals surface area contributed by atoms with Crippen molar-refractivity contribution in [3.8, 4) is 11.5 Å². The van der Waals surface area contributed by atoms with Crippen LogP contribution in [0.5, 0.6) is 11.5 Å². The lowest BCUT2D eigenvalue weighted by molar-refractivity contribution is -0.368. The maximum Gasteiger partial charge on any atom is 0.329 e. The zero-order valence-corrected chi connectivity index (χ0v) is 16.0. The molecule has 3 N–H and O–H groups in total. The molecule has 0 amide bonds. The highest BCUT2D eigenvalue weighted by Gasteiger charge is 2.20. The first-order chi connectivity index (χ1) is 12.7. The Morgan fingerprint density at radius 3 is 2.31 bits per heavy atom. The molecule has 1 aromatic heterocycles. The van der Waals surface area contributed by atoms with E-state index in [0.717, 1.165) is 41.8 Å². The van der Waals surface area contributed by atoms with E-state index in [9.17, 15) is 0 Å². The molecule has 3 rings (SSSR count). The van der Waals surface area contributed by atoms with Crippen molar-refractivity contribution in [2.45, 2.75) is 25.7 Å². The minimum absolute atomic E-state index is 0.206. The van der Waals surface area contributed by atoms with Gasteiger partial charge in [-0.1, -0.05) is 42.5 Å². The maximum absolute atomic E-state index is 5.93. The average Bonchev–Trinajstić information content (AvgIpc) is 3.11. The fourth-order valence-electron chi connectivity index (χ4n) is 2.92. The first-order valence-electron chi connectivity index (χ1n) is 8.81. The second-order valence-corrected chi connectivity index (χ2v) is 7.11. The topological polar surface area (TPSA) is 58.6 Å². The number of nitrogens with one attached hydrogen (secondary N) is 1. The number of ether oxygens (including phenoxy) is 2. The van der Waals surface area contributed by atoms with Gasteiger partial charge in [0, 0.05) is 5.38 Å². The molecular formula is C21H25N2O2S+. The maximum atomic E-state index is 5.93. The second kappa shape index (κ2) is 8.72. The van der Waals surface area contributed by atoms with Gasteiger partial charge in [0.05, 0.1) is 19.6 Å². The monoisotopic (exact) mass is 369 g/mol. The molecule has 5 heteroatoms. The molecule has 0 fully saturated rings. The minimum Gasteiger partial charge on any atom is -0.497 e. The summed E-state index contributed by atoms with van der Waals surface area (Å²) in [4.78, 5) is 3.31. The summed E-state index contributed by atoms with van der Waals surface area (Å²) in [6, 6.07) is 16.6. The molecule has 0 saturated carbocycles. The molecule has 4 nitrogen and oxygen atoms in total. The van der Waals surface area contributed by atoms with E-state index in [1.807, 2.05) is 24.3 Å². The average molecular weight is 370 g/mol. The van der Waals surface area contributed by atoms with Crippen LogP contribution in [0.15, 0.2) is 53.9 Å². The number of benzene rings is 2. The van der Waals surface area contributed by atoms with Crippen LogP contribution in [-0.4, -0.2) is 13.7 Å². The first-order valence-corrected chi connectivity index (χ1v) is 9.69. The van der Waals surface area contributed by atoms with E-state index in [2.05, 4.69) is 41.6 Å². The van der Waals surface area contributed by atoms with E-state index in [0.29, 0.717) is 0 Å². The molecule has 0 bridgehead atoms. The minimum atomic E-state index is 0.206. The van der Waals surface area contributed by atoms with Gasteiger partial charge in [-0.25, -0.2) is 4.98 Å². The van der Waals surface area contributed by atoms with Gasteiger partial charge in [0.25, 0.3) is 0 Å². The van der Waals surface area contributed by atoms with Gasteiger partial charge in [0.1, 0.15) is 17.2 Å². The van der Waals surface area contributed by atoms with Crippen molar-refractivity contribution in [2.75, 3.05) is 19.5 Å². The third-order valence-corrected chi connectivity index (χ3v) is 5.04. The Balaban J connectivity index is 1.85. The third kappa shape index (κ3) is 4.55. The van der Waals surface area contributed by atoms with Crippen LogP contribution < -0.4 is 20.2 Å². The molecule has 0 aliphatic heterocycles. The predicted octanol–water partition coefficient (Wildman–Crippen LogP) is 4.32. The van der Waals surface area contributed by atoms with Crippen LogP contribution in [0.25, 0.3) is 0 Å². The van der Waals surface area contributed by atoms with Crippen molar-refractivity contribution in [1.82, 2.24) is 0 Å². The highest BCUT2D eigenvalue weighted by molar-refractivity contribution is 7.13. The largest absolute Gasteiger partial charge is 0.497 e. The summed E-state index contributed by atoms with van der Waals surface area (Å²) in [5.74, 6) is 1.99. The Morgan fingerprint density at radius 1 is 1.04 bits per heavy atom. The lowest BCUT2D eigenvalue weighted by atomic mass is 9.89. The molecule has 0 saturated heterocycles. The summed E-state index contributed by atoms with van der Waals surface area (Å²) in [6.07, 6.45) is 1.89. The van der Waals surface area contributed by atoms with Gasteiger partial charge in [-0.15, -0.1) is 0 Å². The number of aromatic amines is 1. The normalized spacial score (nSPS) is 11.9. The number of hydrogen-bond acceptors (Lipinski definition) is 4. The molecule has 26 heavy (non-hydrogen) atoms. The Bertz CT molecular complexity index is 813. The van der Waals surface area contributed by atoms with Crippen LogP contribution in [0.2, 0.25) is 0 Å². The van der Waals surface area contributed by atoms with E-state index in [1.165, 1.54) is 22.5 Å². The van der Waals surface area contributed by atoms with Gasteiger partial charge in [-0.05, 0) is 48.2 Å². The molecule has 1 atom stereocenters. The van der Waals surface area contributed by atoms with Crippen molar-refractivity contribution in [3.63, 3.8) is 0 Å². The van der Waals surface area contributed by atoms with Crippen LogP contribution >= 0.6 is 11.3 Å². The zero-order chi connectivity index (χ0) is 18.4. The number of nitrogen functional groups attached to an aromatic ring is 1. The molecule has 0 spiro atoms. The highest BCUT2D eigenvalue weighted by Crippen LogP contribution is 2.30. The van der Waals surface area contributed by atoms with Gasteiger partial charge in [-0.2, -0.15) is 0 Å². The van der Waals surface area contributed by atoms with E-state index >= 15 is 0 Å². The Morgan fingerprint density at radius 2 is 1.73 bits per heavy atom. The van der Waals surface area contributed by atoms with E-state index in [4.69, 9.17) is 15.2 Å². The van der Waals surface area contributed by atoms with Crippen molar-refractivity contribution >= 4 is 16.5 Å². The second-order valence-electron chi connectivity index (χ2n) is 6.20. The van der Waals surface area contributed by atoms with Crippen molar-refractivity contribution in [2.24, 2.45) is 0 Å². The van der Waals surface area contributed by atoms with E-state index in [1.54, 1.807) is 7.11 Å². The quantitative estimate of drug-likeness (QED) is 0.643. The number of H-pyrrole nitrogens is 1. The number of rotatable bonds is 8. The number of methoxy groups -OCH3 is 1. The van der Waals surface area contributed by atoms with E-state index in [-0.39, 0.29) is 5.92 Å². The fourth-order valence-corrected chi connectivity index (χ4v) is 3.57. The molecule has 1 heterocycles. The molecular weight excluding hydrogens is 344 g/mol. The van der Waals surface area contributed by atoms with Gasteiger partial charge < -0.3 is 9.47 Å². The summed E-state index contributed by atoms with van der Waals surface area (Å²) >= 11 is 1.54. The molecule has 0 aliphatic rings. The number of anilines is 1. The molecule has 0 aliphatic carbocycles. The van der Waals surface area contributed by atoms with Crippen LogP contribution in [0.4, 0.5) is 5.13 Å². The summed E-state index contributed by atoms with van der Waals surface area (Å²) in [5, 5.41) is 2.83. The van der Waals surface area contributed by atoms with Crippen LogP contribution in [-0.2, 0) is 6.42 Å². The molecule has 0 radical (unpaired) electrons. The number of hydrogen-bond donors (Lipinski definition) is 1. The number of nitrogens with two attached hydrogens (primary N) is 1. The van der Waals surface area contributed by atoms with Crippen LogP contribution in [0.3, 0.4) is 0 Å².